The van der Waals surface area contributed by atoms with E-state index in [1.165, 1.54) is 7.11 Å². The van der Waals surface area contributed by atoms with Gasteiger partial charge in [0.15, 0.2) is 0 Å². The number of hydrogen-bond donors (Lipinski definition) is 3. The van der Waals surface area contributed by atoms with Crippen LogP contribution < -0.4 is 9.44 Å². The Hall–Kier alpha value is -0.700. The van der Waals surface area contributed by atoms with Crippen molar-refractivity contribution in [3.63, 3.8) is 0 Å². The normalized spacial score (nSPS) is 13.5. The number of aliphatic carboxylic acids is 1. The maximum atomic E-state index is 11.4. The number of ether oxygens (including phenoxy) is 1. The van der Waals surface area contributed by atoms with Gasteiger partial charge < -0.3 is 9.84 Å². The van der Waals surface area contributed by atoms with Gasteiger partial charge in [-0.15, -0.1) is 0 Å². The molecular formula is C9H20N2O5S. The van der Waals surface area contributed by atoms with Gasteiger partial charge in [0.1, 0.15) is 0 Å². The molecule has 0 aromatic carbocycles. The number of rotatable bonds is 10. The molecule has 0 rings (SSSR count). The zero-order valence-corrected chi connectivity index (χ0v) is 10.9. The van der Waals surface area contributed by atoms with Crippen molar-refractivity contribution in [1.29, 1.82) is 0 Å². The molecule has 0 aromatic rings. The quantitative estimate of drug-likeness (QED) is 0.466. The van der Waals surface area contributed by atoms with E-state index in [2.05, 4.69) is 9.44 Å². The van der Waals surface area contributed by atoms with E-state index in [-0.39, 0.29) is 32.0 Å². The van der Waals surface area contributed by atoms with Gasteiger partial charge in [0.05, 0.1) is 6.61 Å². The first-order valence-corrected chi connectivity index (χ1v) is 6.84. The second kappa shape index (κ2) is 8.40. The summed E-state index contributed by atoms with van der Waals surface area (Å²) >= 11 is 0. The monoisotopic (exact) mass is 268 g/mol. The fourth-order valence-corrected chi connectivity index (χ4v) is 2.07. The van der Waals surface area contributed by atoms with Crippen molar-refractivity contribution in [2.45, 2.75) is 19.8 Å². The molecule has 0 aromatic heterocycles. The molecule has 0 heterocycles. The molecule has 0 amide bonds. The molecule has 3 N–H and O–H groups in total. The number of carboxylic acids is 1. The summed E-state index contributed by atoms with van der Waals surface area (Å²) in [5.41, 5.74) is 0. The molecular weight excluding hydrogens is 248 g/mol. The predicted molar refractivity (Wildman–Crippen MR) is 62.8 cm³/mol. The highest BCUT2D eigenvalue weighted by molar-refractivity contribution is 7.87. The maximum Gasteiger partial charge on any atom is 0.303 e. The average Bonchev–Trinajstić information content (AvgIpc) is 2.24. The van der Waals surface area contributed by atoms with Crippen LogP contribution in [0.15, 0.2) is 0 Å². The molecule has 0 saturated carbocycles. The third kappa shape index (κ3) is 9.04. The van der Waals surface area contributed by atoms with Crippen LogP contribution in [0.25, 0.3) is 0 Å². The van der Waals surface area contributed by atoms with Crippen molar-refractivity contribution in [3.05, 3.63) is 0 Å². The minimum absolute atomic E-state index is 0.0446. The van der Waals surface area contributed by atoms with Crippen LogP contribution in [0.3, 0.4) is 0 Å². The first-order chi connectivity index (χ1) is 7.91. The van der Waals surface area contributed by atoms with Crippen molar-refractivity contribution in [1.82, 2.24) is 9.44 Å². The Bertz CT molecular complexity index is 317. The fourth-order valence-electron chi connectivity index (χ4n) is 1.16. The van der Waals surface area contributed by atoms with E-state index in [1.54, 1.807) is 0 Å². The van der Waals surface area contributed by atoms with E-state index in [0.29, 0.717) is 6.42 Å². The molecule has 0 spiro atoms. The van der Waals surface area contributed by atoms with Gasteiger partial charge in [-0.2, -0.15) is 13.1 Å². The van der Waals surface area contributed by atoms with E-state index >= 15 is 0 Å². The number of carboxylic acid groups (broad SMARTS) is 1. The predicted octanol–water partition coefficient (Wildman–Crippen LogP) is -0.442. The second-order valence-electron chi connectivity index (χ2n) is 3.61. The third-order valence-electron chi connectivity index (χ3n) is 2.20. The van der Waals surface area contributed by atoms with Crippen molar-refractivity contribution < 1.29 is 23.1 Å². The molecule has 0 aliphatic carbocycles. The molecule has 102 valence electrons. The fraction of sp³-hybridized carbons (Fsp3) is 0.889. The molecule has 0 saturated heterocycles. The summed E-state index contributed by atoms with van der Waals surface area (Å²) in [7, 11) is -2.09. The van der Waals surface area contributed by atoms with E-state index < -0.39 is 16.2 Å². The van der Waals surface area contributed by atoms with Gasteiger partial charge in [-0.3, -0.25) is 4.79 Å². The summed E-state index contributed by atoms with van der Waals surface area (Å²) in [5.74, 6) is -1.13. The van der Waals surface area contributed by atoms with Crippen LogP contribution >= 0.6 is 0 Å². The van der Waals surface area contributed by atoms with Gasteiger partial charge in [-0.05, 0) is 5.92 Å². The van der Waals surface area contributed by atoms with Crippen molar-refractivity contribution in [3.8, 4) is 0 Å². The van der Waals surface area contributed by atoms with Crippen LogP contribution in [0.2, 0.25) is 0 Å². The molecule has 0 bridgehead atoms. The highest BCUT2D eigenvalue weighted by Crippen LogP contribution is 2.06. The Kier molecular flexibility index (Phi) is 8.05. The number of hydrogen-bond acceptors (Lipinski definition) is 4. The van der Waals surface area contributed by atoms with Crippen LogP contribution in [0.4, 0.5) is 0 Å². The molecule has 7 nitrogen and oxygen atoms in total. The van der Waals surface area contributed by atoms with E-state index in [4.69, 9.17) is 9.84 Å². The molecule has 0 radical (unpaired) electrons. The first-order valence-electron chi connectivity index (χ1n) is 5.36. The summed E-state index contributed by atoms with van der Waals surface area (Å²) in [6.45, 7) is 2.40. The smallest absolute Gasteiger partial charge is 0.303 e. The Morgan fingerprint density at radius 3 is 2.53 bits per heavy atom. The molecule has 0 aliphatic heterocycles. The van der Waals surface area contributed by atoms with Gasteiger partial charge >= 0.3 is 5.97 Å². The standard InChI is InChI=1S/C9H20N2O5S/c1-3-8(6-9(12)13)7-11-17(14,15)10-4-5-16-2/h8,10-11H,3-7H2,1-2H3,(H,12,13). The number of carbonyl (C=O) groups is 1. The Morgan fingerprint density at radius 1 is 1.41 bits per heavy atom. The minimum Gasteiger partial charge on any atom is -0.481 e. The maximum absolute atomic E-state index is 11.4. The summed E-state index contributed by atoms with van der Waals surface area (Å²) in [5, 5.41) is 8.61. The summed E-state index contributed by atoms with van der Waals surface area (Å²) < 4.78 is 32.1. The summed E-state index contributed by atoms with van der Waals surface area (Å²) in [6, 6.07) is 0. The van der Waals surface area contributed by atoms with Crippen LogP contribution in [-0.2, 0) is 19.7 Å². The summed E-state index contributed by atoms with van der Waals surface area (Å²) in [6.07, 6.45) is 0.560. The first kappa shape index (κ1) is 16.3. The van der Waals surface area contributed by atoms with E-state index in [1.807, 2.05) is 6.92 Å². The number of methoxy groups -OCH3 is 1. The van der Waals surface area contributed by atoms with Gasteiger partial charge in [0.25, 0.3) is 10.2 Å². The van der Waals surface area contributed by atoms with Crippen molar-refractivity contribution in [2.24, 2.45) is 5.92 Å². The average molecular weight is 268 g/mol. The van der Waals surface area contributed by atoms with E-state index in [0.717, 1.165) is 0 Å². The molecule has 1 atom stereocenters. The van der Waals surface area contributed by atoms with Crippen LogP contribution in [0, 0.1) is 5.92 Å². The van der Waals surface area contributed by atoms with Crippen molar-refractivity contribution >= 4 is 16.2 Å². The van der Waals surface area contributed by atoms with Crippen LogP contribution in [-0.4, -0.2) is 46.3 Å². The number of nitrogens with one attached hydrogen (secondary N) is 2. The lowest BCUT2D eigenvalue weighted by molar-refractivity contribution is -0.138. The van der Waals surface area contributed by atoms with Gasteiger partial charge in [-0.1, -0.05) is 13.3 Å². The van der Waals surface area contributed by atoms with Crippen LogP contribution in [0.1, 0.15) is 19.8 Å². The van der Waals surface area contributed by atoms with Gasteiger partial charge in [0.2, 0.25) is 0 Å². The lowest BCUT2D eigenvalue weighted by Crippen LogP contribution is -2.40. The lowest BCUT2D eigenvalue weighted by Gasteiger charge is -2.14. The van der Waals surface area contributed by atoms with Crippen LogP contribution in [0.5, 0.6) is 0 Å². The largest absolute Gasteiger partial charge is 0.481 e. The highest BCUT2D eigenvalue weighted by atomic mass is 32.2. The minimum atomic E-state index is -3.57. The molecule has 17 heavy (non-hydrogen) atoms. The van der Waals surface area contributed by atoms with E-state index in [9.17, 15) is 13.2 Å². The molecule has 0 fully saturated rings. The zero-order valence-electron chi connectivity index (χ0n) is 10.1. The Labute approximate surface area is 102 Å². The van der Waals surface area contributed by atoms with Gasteiger partial charge in [-0.25, -0.2) is 4.72 Å². The molecule has 1 unspecified atom stereocenters. The Morgan fingerprint density at radius 2 is 2.06 bits per heavy atom. The highest BCUT2D eigenvalue weighted by Gasteiger charge is 2.15. The molecule has 0 aliphatic rings. The van der Waals surface area contributed by atoms with Crippen molar-refractivity contribution in [2.75, 3.05) is 26.8 Å². The Balaban J connectivity index is 4.01. The topological polar surface area (TPSA) is 105 Å². The third-order valence-corrected chi connectivity index (χ3v) is 3.33. The zero-order chi connectivity index (χ0) is 13.3. The lowest BCUT2D eigenvalue weighted by atomic mass is 10.0. The summed E-state index contributed by atoms with van der Waals surface area (Å²) in [4.78, 5) is 10.5. The SMILES string of the molecule is CCC(CNS(=O)(=O)NCCOC)CC(=O)O. The second-order valence-corrected chi connectivity index (χ2v) is 5.20. The van der Waals surface area contributed by atoms with Gasteiger partial charge in [0, 0.05) is 26.6 Å². The molecule has 8 heteroatoms.